The largest absolute Gasteiger partial charge is 0.466 e. The lowest BCUT2D eigenvalue weighted by Gasteiger charge is -2.22. The molecule has 0 saturated heterocycles. The van der Waals surface area contributed by atoms with Crippen LogP contribution in [-0.2, 0) is 15.7 Å². The maximum absolute atomic E-state index is 12.9. The van der Waals surface area contributed by atoms with Gasteiger partial charge >= 0.3 is 18.2 Å². The number of fused-ring (bicyclic) bond motifs is 3. The van der Waals surface area contributed by atoms with E-state index in [2.05, 4.69) is 15.2 Å². The van der Waals surface area contributed by atoms with Crippen LogP contribution in [0, 0.1) is 0 Å². The highest BCUT2D eigenvalue weighted by molar-refractivity contribution is 5.71. The van der Waals surface area contributed by atoms with Crippen molar-refractivity contribution in [3.63, 3.8) is 0 Å². The number of halogens is 3. The van der Waals surface area contributed by atoms with E-state index in [4.69, 9.17) is 4.84 Å². The number of nitrogens with zero attached hydrogens (tertiary/aromatic N) is 2. The number of hydrogen-bond donors (Lipinski definition) is 1. The second-order valence-corrected chi connectivity index (χ2v) is 6.22. The zero-order chi connectivity index (χ0) is 21.7. The van der Waals surface area contributed by atoms with Gasteiger partial charge in [-0.05, 0) is 25.1 Å². The van der Waals surface area contributed by atoms with E-state index in [-0.39, 0.29) is 17.7 Å². The number of rotatable bonds is 3. The fraction of sp³-hybridized carbons (Fsp3) is 0.238. The van der Waals surface area contributed by atoms with Crippen LogP contribution < -0.4 is 10.3 Å². The lowest BCUT2D eigenvalue weighted by molar-refractivity contribution is -0.142. The number of anilines is 1. The highest BCUT2D eigenvalue weighted by Gasteiger charge is 2.32. The molecule has 0 atom stereocenters. The summed E-state index contributed by atoms with van der Waals surface area (Å²) in [5.41, 5.74) is 4.19. The predicted octanol–water partition coefficient (Wildman–Crippen LogP) is 5.24. The van der Waals surface area contributed by atoms with Gasteiger partial charge in [0.2, 0.25) is 0 Å². The first kappa shape index (κ1) is 21.2. The molecule has 158 valence electrons. The van der Waals surface area contributed by atoms with Crippen molar-refractivity contribution in [2.45, 2.75) is 26.4 Å². The van der Waals surface area contributed by atoms with Crippen LogP contribution in [0.5, 0.6) is 6.01 Å². The summed E-state index contributed by atoms with van der Waals surface area (Å²) in [5, 5.41) is 0. The van der Waals surface area contributed by atoms with Crippen molar-refractivity contribution in [1.29, 1.82) is 0 Å². The molecule has 9 heteroatoms. The summed E-state index contributed by atoms with van der Waals surface area (Å²) in [5.74, 6) is -0.123. The second-order valence-electron chi connectivity index (χ2n) is 6.22. The lowest BCUT2D eigenvalue weighted by Crippen LogP contribution is -2.18. The van der Waals surface area contributed by atoms with Gasteiger partial charge in [0.25, 0.3) is 0 Å². The summed E-state index contributed by atoms with van der Waals surface area (Å²) in [6, 6.07) is 13.2. The Morgan fingerprint density at radius 2 is 1.90 bits per heavy atom. The molecule has 3 aromatic rings. The number of esters is 1. The molecule has 0 saturated carbocycles. The van der Waals surface area contributed by atoms with Gasteiger partial charge in [0.05, 0.1) is 35.4 Å². The molecule has 0 fully saturated rings. The molecule has 4 rings (SSSR count). The fourth-order valence-electron chi connectivity index (χ4n) is 2.81. The summed E-state index contributed by atoms with van der Waals surface area (Å²) in [4.78, 5) is 19.6. The number of imidazole rings is 1. The maximum atomic E-state index is 12.9. The van der Waals surface area contributed by atoms with Gasteiger partial charge in [0.15, 0.2) is 0 Å². The minimum absolute atomic E-state index is 0.123. The van der Waals surface area contributed by atoms with E-state index in [9.17, 15) is 18.0 Å². The van der Waals surface area contributed by atoms with Crippen molar-refractivity contribution in [2.24, 2.45) is 0 Å². The van der Waals surface area contributed by atoms with E-state index >= 15 is 0 Å². The van der Waals surface area contributed by atoms with Gasteiger partial charge in [-0.25, -0.2) is 10.5 Å². The first-order valence-corrected chi connectivity index (χ1v) is 9.28. The second kappa shape index (κ2) is 8.89. The standard InChI is InChI=1S/C16H10F3N3O.C5H10O2/c17-16(18,19)11-6-7-13-12(8-11)21-23-15-20-9-14(22(13)15)10-4-2-1-3-5-10;1-3-5(6)7-4-2/h1-9,21H;3-4H2,1-2H3. The molecule has 0 unspecified atom stereocenters. The van der Waals surface area contributed by atoms with E-state index in [0.29, 0.717) is 18.7 Å². The summed E-state index contributed by atoms with van der Waals surface area (Å²) >= 11 is 0. The third-order valence-corrected chi connectivity index (χ3v) is 4.21. The molecule has 0 radical (unpaired) electrons. The van der Waals surface area contributed by atoms with Gasteiger partial charge in [0.1, 0.15) is 0 Å². The monoisotopic (exact) mass is 419 g/mol. The minimum atomic E-state index is -4.41. The van der Waals surface area contributed by atoms with E-state index in [1.807, 2.05) is 30.3 Å². The first-order chi connectivity index (χ1) is 14.3. The average molecular weight is 419 g/mol. The molecule has 1 aliphatic heterocycles. The number of carbonyl (C=O) groups excluding carboxylic acids is 1. The fourth-order valence-corrected chi connectivity index (χ4v) is 2.81. The molecular weight excluding hydrogens is 399 g/mol. The zero-order valence-electron chi connectivity index (χ0n) is 16.4. The van der Waals surface area contributed by atoms with Gasteiger partial charge in [-0.2, -0.15) is 13.2 Å². The van der Waals surface area contributed by atoms with Crippen LogP contribution in [0.3, 0.4) is 0 Å². The average Bonchev–Trinajstić information content (AvgIpc) is 3.18. The van der Waals surface area contributed by atoms with Crippen LogP contribution >= 0.6 is 0 Å². The van der Waals surface area contributed by atoms with Gasteiger partial charge in [-0.3, -0.25) is 9.36 Å². The summed E-state index contributed by atoms with van der Waals surface area (Å²) in [6.45, 7) is 4.07. The van der Waals surface area contributed by atoms with E-state index in [1.54, 1.807) is 24.6 Å². The Bertz CT molecular complexity index is 1020. The van der Waals surface area contributed by atoms with E-state index in [1.165, 1.54) is 6.07 Å². The van der Waals surface area contributed by atoms with Gasteiger partial charge in [-0.1, -0.05) is 37.3 Å². The van der Waals surface area contributed by atoms with E-state index in [0.717, 1.165) is 23.4 Å². The minimum Gasteiger partial charge on any atom is -0.466 e. The predicted molar refractivity (Wildman–Crippen MR) is 105 cm³/mol. The number of hydrogen-bond acceptors (Lipinski definition) is 5. The Balaban J connectivity index is 0.000000318. The lowest BCUT2D eigenvalue weighted by atomic mass is 10.1. The quantitative estimate of drug-likeness (QED) is 0.589. The Hall–Kier alpha value is -3.49. The van der Waals surface area contributed by atoms with E-state index < -0.39 is 11.7 Å². The molecule has 0 bridgehead atoms. The molecule has 2 heterocycles. The third kappa shape index (κ3) is 4.56. The first-order valence-electron chi connectivity index (χ1n) is 9.28. The molecule has 0 amide bonds. The van der Waals surface area contributed by atoms with Crippen molar-refractivity contribution >= 4 is 11.7 Å². The Kier molecular flexibility index (Phi) is 6.29. The molecule has 6 nitrogen and oxygen atoms in total. The highest BCUT2D eigenvalue weighted by Crippen LogP contribution is 2.38. The highest BCUT2D eigenvalue weighted by atomic mass is 19.4. The molecular formula is C21H20F3N3O3. The van der Waals surface area contributed by atoms with Gasteiger partial charge in [-0.15, -0.1) is 0 Å². The van der Waals surface area contributed by atoms with Crippen LogP contribution in [0.15, 0.2) is 54.7 Å². The summed E-state index contributed by atoms with van der Waals surface area (Å²) in [7, 11) is 0. The number of nitrogens with one attached hydrogen (secondary N) is 1. The zero-order valence-corrected chi connectivity index (χ0v) is 16.4. The van der Waals surface area contributed by atoms with Crippen LogP contribution in [0.25, 0.3) is 16.9 Å². The Labute approximate surface area is 171 Å². The molecule has 0 spiro atoms. The third-order valence-electron chi connectivity index (χ3n) is 4.21. The molecule has 1 aliphatic rings. The van der Waals surface area contributed by atoms with Gasteiger partial charge < -0.3 is 9.57 Å². The molecule has 0 aliphatic carbocycles. The van der Waals surface area contributed by atoms with Crippen LogP contribution in [0.4, 0.5) is 18.9 Å². The van der Waals surface area contributed by atoms with Gasteiger partial charge in [0, 0.05) is 12.0 Å². The SMILES string of the molecule is CCOC(=O)CC.FC(F)(F)c1ccc2c(c1)NOc1ncc(-c3ccccc3)n1-2. The molecule has 2 aromatic carbocycles. The van der Waals surface area contributed by atoms with Crippen molar-refractivity contribution in [1.82, 2.24) is 9.55 Å². The summed E-state index contributed by atoms with van der Waals surface area (Å²) < 4.78 is 44.8. The Morgan fingerprint density at radius 1 is 1.17 bits per heavy atom. The van der Waals surface area contributed by atoms with Crippen molar-refractivity contribution in [3.05, 3.63) is 60.3 Å². The van der Waals surface area contributed by atoms with Crippen LogP contribution in [-0.4, -0.2) is 22.1 Å². The number of ether oxygens (including phenoxy) is 1. The van der Waals surface area contributed by atoms with Crippen molar-refractivity contribution in [3.8, 4) is 23.0 Å². The maximum Gasteiger partial charge on any atom is 0.416 e. The number of benzene rings is 2. The number of alkyl halides is 3. The number of aromatic nitrogens is 2. The summed E-state index contributed by atoms with van der Waals surface area (Å²) in [6.07, 6.45) is -2.30. The molecule has 30 heavy (non-hydrogen) atoms. The molecule has 1 N–H and O–H groups in total. The van der Waals surface area contributed by atoms with Crippen molar-refractivity contribution < 1.29 is 27.5 Å². The van der Waals surface area contributed by atoms with Crippen molar-refractivity contribution in [2.75, 3.05) is 12.1 Å². The smallest absolute Gasteiger partial charge is 0.416 e. The Morgan fingerprint density at radius 3 is 2.50 bits per heavy atom. The van der Waals surface area contributed by atoms with Crippen LogP contribution in [0.2, 0.25) is 0 Å². The molecule has 1 aromatic heterocycles. The number of carbonyl (C=O) groups is 1. The normalized spacial score (nSPS) is 11.8. The van der Waals surface area contributed by atoms with Crippen LogP contribution in [0.1, 0.15) is 25.8 Å². The topological polar surface area (TPSA) is 65.4 Å².